The van der Waals surface area contributed by atoms with Crippen LogP contribution in [0.3, 0.4) is 0 Å². The molecule has 2 aromatic carbocycles. The lowest BCUT2D eigenvalue weighted by atomic mass is 10.2. The zero-order valence-corrected chi connectivity index (χ0v) is 18.8. The Morgan fingerprint density at radius 3 is 2.42 bits per heavy atom. The second-order valence-corrected chi connectivity index (χ2v) is 8.09. The number of amides is 1. The highest BCUT2D eigenvalue weighted by atomic mass is 16.5. The van der Waals surface area contributed by atoms with E-state index in [1.165, 1.54) is 0 Å². The molecule has 1 fully saturated rings. The van der Waals surface area contributed by atoms with E-state index >= 15 is 0 Å². The first-order chi connectivity index (χ1) is 16.1. The fourth-order valence-electron chi connectivity index (χ4n) is 4.16. The molecule has 0 saturated carbocycles. The SMILES string of the molecule is COc1ccccc1N1CCN(C(=O)c2cc(-c3ccco3)nn2-c2ccc(C)cc2)CC1. The van der Waals surface area contributed by atoms with Crippen molar-refractivity contribution in [2.24, 2.45) is 0 Å². The molecule has 0 atom stereocenters. The number of ether oxygens (including phenoxy) is 1. The van der Waals surface area contributed by atoms with E-state index in [0.717, 1.165) is 35.8 Å². The number of aryl methyl sites for hydroxylation is 1. The summed E-state index contributed by atoms with van der Waals surface area (Å²) < 4.78 is 12.8. The van der Waals surface area contributed by atoms with Crippen LogP contribution in [-0.2, 0) is 0 Å². The molecule has 7 nitrogen and oxygen atoms in total. The van der Waals surface area contributed by atoms with Gasteiger partial charge in [0.25, 0.3) is 5.91 Å². The van der Waals surface area contributed by atoms with Crippen molar-refractivity contribution in [1.82, 2.24) is 14.7 Å². The number of piperazine rings is 1. The fraction of sp³-hybridized carbons (Fsp3) is 0.231. The molecular formula is C26H26N4O3. The van der Waals surface area contributed by atoms with E-state index in [1.807, 2.05) is 72.5 Å². The highest BCUT2D eigenvalue weighted by molar-refractivity contribution is 5.94. The molecule has 3 heterocycles. The molecule has 0 bridgehead atoms. The third kappa shape index (κ3) is 4.09. The van der Waals surface area contributed by atoms with Crippen LogP contribution in [0.25, 0.3) is 17.1 Å². The van der Waals surface area contributed by atoms with Gasteiger partial charge in [0.2, 0.25) is 0 Å². The van der Waals surface area contributed by atoms with Gasteiger partial charge in [-0.15, -0.1) is 0 Å². The highest BCUT2D eigenvalue weighted by Crippen LogP contribution is 2.29. The topological polar surface area (TPSA) is 63.7 Å². The average Bonchev–Trinajstić information content (AvgIpc) is 3.55. The van der Waals surface area contributed by atoms with E-state index in [0.29, 0.717) is 30.2 Å². The van der Waals surface area contributed by atoms with Gasteiger partial charge in [-0.25, -0.2) is 4.68 Å². The molecule has 1 saturated heterocycles. The van der Waals surface area contributed by atoms with Crippen LogP contribution in [0.2, 0.25) is 0 Å². The number of hydrogen-bond donors (Lipinski definition) is 0. The van der Waals surface area contributed by atoms with Crippen molar-refractivity contribution < 1.29 is 13.9 Å². The van der Waals surface area contributed by atoms with E-state index in [-0.39, 0.29) is 5.91 Å². The summed E-state index contributed by atoms with van der Waals surface area (Å²) in [4.78, 5) is 17.7. The maximum atomic E-state index is 13.6. The summed E-state index contributed by atoms with van der Waals surface area (Å²) in [6.07, 6.45) is 1.61. The number of hydrogen-bond acceptors (Lipinski definition) is 5. The molecule has 1 amide bonds. The first kappa shape index (κ1) is 20.9. The minimum Gasteiger partial charge on any atom is -0.495 e. The minimum atomic E-state index is -0.0412. The Hall–Kier alpha value is -4.00. The average molecular weight is 443 g/mol. The largest absolute Gasteiger partial charge is 0.495 e. The van der Waals surface area contributed by atoms with Gasteiger partial charge < -0.3 is 19.0 Å². The van der Waals surface area contributed by atoms with E-state index in [2.05, 4.69) is 11.0 Å². The second kappa shape index (κ2) is 8.86. The number of carbonyl (C=O) groups is 1. The van der Waals surface area contributed by atoms with Crippen LogP contribution >= 0.6 is 0 Å². The first-order valence-corrected chi connectivity index (χ1v) is 11.0. The van der Waals surface area contributed by atoms with Gasteiger partial charge in [0.15, 0.2) is 5.76 Å². The van der Waals surface area contributed by atoms with Crippen LogP contribution in [0.5, 0.6) is 5.75 Å². The molecule has 5 rings (SSSR count). The normalized spacial score (nSPS) is 13.9. The molecule has 0 unspecified atom stereocenters. The number of nitrogens with zero attached hydrogens (tertiary/aromatic N) is 4. The third-order valence-electron chi connectivity index (χ3n) is 5.97. The van der Waals surface area contributed by atoms with Gasteiger partial charge >= 0.3 is 0 Å². The lowest BCUT2D eigenvalue weighted by molar-refractivity contribution is 0.0737. The Morgan fingerprint density at radius 2 is 1.73 bits per heavy atom. The van der Waals surface area contributed by atoms with Crippen LogP contribution < -0.4 is 9.64 Å². The van der Waals surface area contributed by atoms with Crippen molar-refractivity contribution >= 4 is 11.6 Å². The zero-order chi connectivity index (χ0) is 22.8. The van der Waals surface area contributed by atoms with Gasteiger partial charge in [-0.2, -0.15) is 5.10 Å². The van der Waals surface area contributed by atoms with Gasteiger partial charge in [-0.3, -0.25) is 4.79 Å². The number of methoxy groups -OCH3 is 1. The summed E-state index contributed by atoms with van der Waals surface area (Å²) in [5.41, 5.74) is 4.20. The van der Waals surface area contributed by atoms with E-state index in [4.69, 9.17) is 14.3 Å². The highest BCUT2D eigenvalue weighted by Gasteiger charge is 2.27. The first-order valence-electron chi connectivity index (χ1n) is 11.0. The lowest BCUT2D eigenvalue weighted by Gasteiger charge is -2.36. The third-order valence-corrected chi connectivity index (χ3v) is 5.97. The maximum Gasteiger partial charge on any atom is 0.272 e. The van der Waals surface area contributed by atoms with Gasteiger partial charge in [0.05, 0.1) is 24.7 Å². The molecule has 0 aliphatic carbocycles. The van der Waals surface area contributed by atoms with Crippen LogP contribution in [0.4, 0.5) is 5.69 Å². The van der Waals surface area contributed by atoms with Crippen LogP contribution in [0, 0.1) is 6.92 Å². The summed E-state index contributed by atoms with van der Waals surface area (Å²) in [5.74, 6) is 1.44. The Morgan fingerprint density at radius 1 is 0.970 bits per heavy atom. The molecule has 1 aliphatic heterocycles. The summed E-state index contributed by atoms with van der Waals surface area (Å²) in [7, 11) is 1.68. The number of furan rings is 1. The number of carbonyl (C=O) groups excluding carboxylic acids is 1. The standard InChI is InChI=1S/C26H26N4O3/c1-19-9-11-20(12-10-19)30-23(18-21(27-30)24-8-5-17-33-24)26(31)29-15-13-28(14-16-29)22-6-3-4-7-25(22)32-2/h3-12,17-18H,13-16H2,1-2H3. The van der Waals surface area contributed by atoms with Crippen molar-refractivity contribution in [2.45, 2.75) is 6.92 Å². The molecule has 7 heteroatoms. The van der Waals surface area contributed by atoms with Crippen LogP contribution in [-0.4, -0.2) is 53.9 Å². The van der Waals surface area contributed by atoms with Crippen molar-refractivity contribution in [3.05, 3.63) is 84.3 Å². The summed E-state index contributed by atoms with van der Waals surface area (Å²) in [5, 5.41) is 4.70. The second-order valence-electron chi connectivity index (χ2n) is 8.09. The molecule has 4 aromatic rings. The quantitative estimate of drug-likeness (QED) is 0.458. The number of aromatic nitrogens is 2. The van der Waals surface area contributed by atoms with Gasteiger partial charge in [-0.05, 0) is 43.3 Å². The molecule has 0 N–H and O–H groups in total. The predicted molar refractivity (Wildman–Crippen MR) is 127 cm³/mol. The van der Waals surface area contributed by atoms with Crippen LogP contribution in [0.1, 0.15) is 16.1 Å². The fourth-order valence-corrected chi connectivity index (χ4v) is 4.16. The molecule has 168 valence electrons. The van der Waals surface area contributed by atoms with E-state index < -0.39 is 0 Å². The zero-order valence-electron chi connectivity index (χ0n) is 18.8. The van der Waals surface area contributed by atoms with E-state index in [1.54, 1.807) is 18.1 Å². The Balaban J connectivity index is 1.41. The van der Waals surface area contributed by atoms with Crippen molar-refractivity contribution in [2.75, 3.05) is 38.2 Å². The summed E-state index contributed by atoms with van der Waals surface area (Å²) >= 11 is 0. The van der Waals surface area contributed by atoms with Gasteiger partial charge in [0, 0.05) is 32.2 Å². The lowest BCUT2D eigenvalue weighted by Crippen LogP contribution is -2.49. The molecule has 0 spiro atoms. The Bertz CT molecular complexity index is 1240. The van der Waals surface area contributed by atoms with Crippen LogP contribution in [0.15, 0.2) is 77.4 Å². The molecular weight excluding hydrogens is 416 g/mol. The molecule has 33 heavy (non-hydrogen) atoms. The number of anilines is 1. The van der Waals surface area contributed by atoms with Gasteiger partial charge in [0.1, 0.15) is 17.1 Å². The molecule has 2 aromatic heterocycles. The van der Waals surface area contributed by atoms with Crippen molar-refractivity contribution in [3.63, 3.8) is 0 Å². The Kier molecular flexibility index (Phi) is 5.60. The van der Waals surface area contributed by atoms with Gasteiger partial charge in [-0.1, -0.05) is 29.8 Å². The number of benzene rings is 2. The summed E-state index contributed by atoms with van der Waals surface area (Å²) in [6, 6.07) is 21.5. The minimum absolute atomic E-state index is 0.0412. The maximum absolute atomic E-state index is 13.6. The smallest absolute Gasteiger partial charge is 0.272 e. The number of para-hydroxylation sites is 2. The molecule has 1 aliphatic rings. The monoisotopic (exact) mass is 442 g/mol. The predicted octanol–water partition coefficient (Wildman–Crippen LogP) is 4.41. The van der Waals surface area contributed by atoms with Crippen molar-refractivity contribution in [1.29, 1.82) is 0 Å². The Labute approximate surface area is 192 Å². The molecule has 0 radical (unpaired) electrons. The number of rotatable bonds is 5. The van der Waals surface area contributed by atoms with Crippen molar-refractivity contribution in [3.8, 4) is 22.9 Å². The van der Waals surface area contributed by atoms with E-state index in [9.17, 15) is 4.79 Å². The summed E-state index contributed by atoms with van der Waals surface area (Å²) in [6.45, 7) is 4.73.